The van der Waals surface area contributed by atoms with E-state index in [1.807, 2.05) is 51.1 Å². The van der Waals surface area contributed by atoms with Crippen molar-refractivity contribution in [3.05, 3.63) is 46.3 Å². The van der Waals surface area contributed by atoms with Gasteiger partial charge in [0.05, 0.1) is 0 Å². The first-order chi connectivity index (χ1) is 7.48. The lowest BCUT2D eigenvalue weighted by molar-refractivity contribution is 0.255. The van der Waals surface area contributed by atoms with Crippen LogP contribution in [0.25, 0.3) is 10.4 Å². The van der Waals surface area contributed by atoms with Crippen molar-refractivity contribution >= 4 is 0 Å². The molecule has 0 saturated heterocycles. The standard InChI is InChI=1S/C13H15N3/c1-5-13(15-16-14,12(2,3)4)11-9-7-6-8-10-11/h1,6-10H,2-4H3. The smallest absolute Gasteiger partial charge is 0.119 e. The largest absolute Gasteiger partial charge is 0.139 e. The van der Waals surface area contributed by atoms with Gasteiger partial charge in [0, 0.05) is 4.91 Å². The second-order valence-corrected chi connectivity index (χ2v) is 4.66. The van der Waals surface area contributed by atoms with Crippen molar-refractivity contribution in [3.63, 3.8) is 0 Å². The lowest BCUT2D eigenvalue weighted by Crippen LogP contribution is -2.36. The molecule has 0 aliphatic heterocycles. The van der Waals surface area contributed by atoms with Crippen molar-refractivity contribution in [2.24, 2.45) is 10.5 Å². The Morgan fingerprint density at radius 3 is 2.19 bits per heavy atom. The van der Waals surface area contributed by atoms with Crippen LogP contribution >= 0.6 is 0 Å². The highest BCUT2D eigenvalue weighted by Gasteiger charge is 2.41. The van der Waals surface area contributed by atoms with Gasteiger partial charge < -0.3 is 0 Å². The van der Waals surface area contributed by atoms with Gasteiger partial charge in [-0.05, 0) is 16.5 Å². The Kier molecular flexibility index (Phi) is 3.27. The van der Waals surface area contributed by atoms with Crippen LogP contribution in [-0.2, 0) is 5.54 Å². The zero-order valence-corrected chi connectivity index (χ0v) is 9.81. The van der Waals surface area contributed by atoms with Gasteiger partial charge in [-0.25, -0.2) is 0 Å². The molecule has 1 rings (SSSR count). The third-order valence-corrected chi connectivity index (χ3v) is 2.68. The molecule has 0 fully saturated rings. The van der Waals surface area contributed by atoms with Crippen LogP contribution in [0.3, 0.4) is 0 Å². The summed E-state index contributed by atoms with van der Waals surface area (Å²) in [5.74, 6) is 2.65. The Morgan fingerprint density at radius 1 is 1.25 bits per heavy atom. The Morgan fingerprint density at radius 2 is 1.81 bits per heavy atom. The van der Waals surface area contributed by atoms with E-state index in [-0.39, 0.29) is 5.41 Å². The number of rotatable bonds is 2. The molecular weight excluding hydrogens is 198 g/mol. The fraction of sp³-hybridized carbons (Fsp3) is 0.385. The van der Waals surface area contributed by atoms with Crippen LogP contribution in [0, 0.1) is 17.8 Å². The predicted molar refractivity (Wildman–Crippen MR) is 65.6 cm³/mol. The molecule has 0 bridgehead atoms. The van der Waals surface area contributed by atoms with E-state index < -0.39 is 5.54 Å². The molecule has 1 unspecified atom stereocenters. The van der Waals surface area contributed by atoms with Crippen molar-refractivity contribution in [1.82, 2.24) is 0 Å². The van der Waals surface area contributed by atoms with Gasteiger partial charge in [-0.15, -0.1) is 6.42 Å². The monoisotopic (exact) mass is 213 g/mol. The van der Waals surface area contributed by atoms with E-state index in [2.05, 4.69) is 15.9 Å². The predicted octanol–water partition coefficient (Wildman–Crippen LogP) is 3.87. The molecule has 0 radical (unpaired) electrons. The summed E-state index contributed by atoms with van der Waals surface area (Å²) >= 11 is 0. The summed E-state index contributed by atoms with van der Waals surface area (Å²) in [6.07, 6.45) is 5.60. The highest BCUT2D eigenvalue weighted by atomic mass is 15.2. The summed E-state index contributed by atoms with van der Waals surface area (Å²) in [7, 11) is 0. The van der Waals surface area contributed by atoms with Crippen molar-refractivity contribution in [2.45, 2.75) is 26.3 Å². The zero-order valence-electron chi connectivity index (χ0n) is 9.81. The molecule has 0 aliphatic carbocycles. The SMILES string of the molecule is C#CC(N=[N+]=[N-])(c1ccccc1)C(C)(C)C. The molecule has 0 spiro atoms. The molecule has 3 heteroatoms. The molecule has 0 aliphatic rings. The summed E-state index contributed by atoms with van der Waals surface area (Å²) in [6, 6.07) is 9.46. The second-order valence-electron chi connectivity index (χ2n) is 4.66. The van der Waals surface area contributed by atoms with Crippen LogP contribution in [0.15, 0.2) is 35.4 Å². The van der Waals surface area contributed by atoms with Gasteiger partial charge in [-0.3, -0.25) is 0 Å². The molecule has 0 saturated carbocycles. The molecule has 0 amide bonds. The summed E-state index contributed by atoms with van der Waals surface area (Å²) < 4.78 is 0. The number of azide groups is 1. The molecule has 16 heavy (non-hydrogen) atoms. The lowest BCUT2D eigenvalue weighted by atomic mass is 9.70. The highest BCUT2D eigenvalue weighted by Crippen LogP contribution is 2.42. The van der Waals surface area contributed by atoms with Gasteiger partial charge in [-0.1, -0.05) is 62.1 Å². The van der Waals surface area contributed by atoms with Crippen LogP contribution in [0.2, 0.25) is 0 Å². The van der Waals surface area contributed by atoms with E-state index in [4.69, 9.17) is 12.0 Å². The van der Waals surface area contributed by atoms with Gasteiger partial charge in [0.15, 0.2) is 0 Å². The van der Waals surface area contributed by atoms with Crippen LogP contribution in [0.4, 0.5) is 0 Å². The van der Waals surface area contributed by atoms with E-state index in [9.17, 15) is 0 Å². The summed E-state index contributed by atoms with van der Waals surface area (Å²) in [5, 5.41) is 3.86. The number of terminal acetylenes is 1. The molecule has 0 N–H and O–H groups in total. The molecule has 82 valence electrons. The Balaban J connectivity index is 3.49. The molecule has 3 nitrogen and oxygen atoms in total. The quantitative estimate of drug-likeness (QED) is 0.310. The van der Waals surface area contributed by atoms with Gasteiger partial charge in [0.2, 0.25) is 0 Å². The van der Waals surface area contributed by atoms with Crippen LogP contribution in [-0.4, -0.2) is 0 Å². The third kappa shape index (κ3) is 1.88. The minimum atomic E-state index is -0.941. The second kappa shape index (κ2) is 4.30. The van der Waals surface area contributed by atoms with Gasteiger partial charge in [-0.2, -0.15) is 0 Å². The number of hydrogen-bond donors (Lipinski definition) is 0. The molecule has 1 aromatic carbocycles. The van der Waals surface area contributed by atoms with E-state index in [1.165, 1.54) is 0 Å². The first-order valence-electron chi connectivity index (χ1n) is 5.07. The minimum absolute atomic E-state index is 0.338. The number of benzene rings is 1. The van der Waals surface area contributed by atoms with E-state index in [0.29, 0.717) is 0 Å². The van der Waals surface area contributed by atoms with Gasteiger partial charge in [0.25, 0.3) is 0 Å². The summed E-state index contributed by atoms with van der Waals surface area (Å²) in [5.41, 5.74) is 8.29. The Bertz CT molecular complexity index is 444. The zero-order chi connectivity index (χ0) is 12.2. The van der Waals surface area contributed by atoms with E-state index in [1.54, 1.807) is 0 Å². The Hall–Kier alpha value is -1.91. The minimum Gasteiger partial charge on any atom is -0.119 e. The molecule has 1 aromatic rings. The van der Waals surface area contributed by atoms with E-state index in [0.717, 1.165) is 5.56 Å². The number of nitrogens with zero attached hydrogens (tertiary/aromatic N) is 3. The van der Waals surface area contributed by atoms with Gasteiger partial charge in [0.1, 0.15) is 5.54 Å². The first kappa shape index (κ1) is 12.2. The summed E-state index contributed by atoms with van der Waals surface area (Å²) in [4.78, 5) is 2.90. The van der Waals surface area contributed by atoms with Crippen molar-refractivity contribution in [1.29, 1.82) is 0 Å². The lowest BCUT2D eigenvalue weighted by Gasteiger charge is -2.37. The normalized spacial score (nSPS) is 14.4. The van der Waals surface area contributed by atoms with Crippen LogP contribution < -0.4 is 0 Å². The topological polar surface area (TPSA) is 48.8 Å². The average molecular weight is 213 g/mol. The Labute approximate surface area is 96.1 Å². The maximum Gasteiger partial charge on any atom is 0.139 e. The number of hydrogen-bond acceptors (Lipinski definition) is 1. The van der Waals surface area contributed by atoms with Crippen molar-refractivity contribution in [3.8, 4) is 12.3 Å². The maximum absolute atomic E-state index is 8.72. The molecule has 0 heterocycles. The van der Waals surface area contributed by atoms with Crippen LogP contribution in [0.1, 0.15) is 26.3 Å². The van der Waals surface area contributed by atoms with Crippen molar-refractivity contribution in [2.75, 3.05) is 0 Å². The fourth-order valence-electron chi connectivity index (χ4n) is 1.72. The van der Waals surface area contributed by atoms with Crippen LogP contribution in [0.5, 0.6) is 0 Å². The fourth-order valence-corrected chi connectivity index (χ4v) is 1.72. The maximum atomic E-state index is 8.72. The molecule has 0 aromatic heterocycles. The highest BCUT2D eigenvalue weighted by molar-refractivity contribution is 5.36. The molecular formula is C13H15N3. The van der Waals surface area contributed by atoms with Gasteiger partial charge >= 0.3 is 0 Å². The van der Waals surface area contributed by atoms with Crippen molar-refractivity contribution < 1.29 is 0 Å². The van der Waals surface area contributed by atoms with E-state index >= 15 is 0 Å². The third-order valence-electron chi connectivity index (χ3n) is 2.68. The summed E-state index contributed by atoms with van der Waals surface area (Å²) in [6.45, 7) is 5.90. The molecule has 1 atom stereocenters. The first-order valence-corrected chi connectivity index (χ1v) is 5.07. The average Bonchev–Trinajstić information content (AvgIpc) is 2.25.